The lowest BCUT2D eigenvalue weighted by molar-refractivity contribution is 0.0716. The topological polar surface area (TPSA) is 102 Å². The predicted molar refractivity (Wildman–Crippen MR) is 113 cm³/mol. The van der Waals surface area contributed by atoms with E-state index >= 15 is 0 Å². The Morgan fingerprint density at radius 1 is 1.23 bits per heavy atom. The Kier molecular flexibility index (Phi) is 5.69. The van der Waals surface area contributed by atoms with Crippen LogP contribution < -0.4 is 10.9 Å². The van der Waals surface area contributed by atoms with Gasteiger partial charge in [-0.25, -0.2) is 0 Å². The van der Waals surface area contributed by atoms with E-state index in [1.54, 1.807) is 42.2 Å². The first kappa shape index (κ1) is 20.3. The Bertz CT molecular complexity index is 1120. The van der Waals surface area contributed by atoms with E-state index in [9.17, 15) is 14.7 Å². The van der Waals surface area contributed by atoms with Crippen molar-refractivity contribution in [3.63, 3.8) is 0 Å². The first-order chi connectivity index (χ1) is 14.4. The van der Waals surface area contributed by atoms with Gasteiger partial charge in [0.25, 0.3) is 11.5 Å². The molecule has 0 saturated heterocycles. The number of aromatic nitrogens is 4. The number of aryl methyl sites for hydroxylation is 1. The number of carbonyl (C=O) groups is 1. The quantitative estimate of drug-likeness (QED) is 0.665. The molecule has 1 aliphatic carbocycles. The highest BCUT2D eigenvalue weighted by Crippen LogP contribution is 2.21. The molecule has 1 aliphatic rings. The lowest BCUT2D eigenvalue weighted by atomic mass is 9.92. The van der Waals surface area contributed by atoms with E-state index in [0.717, 1.165) is 12.8 Å². The molecule has 1 fully saturated rings. The summed E-state index contributed by atoms with van der Waals surface area (Å²) in [5.74, 6) is -0.527. The summed E-state index contributed by atoms with van der Waals surface area (Å²) < 4.78 is 2.72. The molecule has 1 amide bonds. The summed E-state index contributed by atoms with van der Waals surface area (Å²) in [6.45, 7) is 0. The van der Waals surface area contributed by atoms with Gasteiger partial charge in [-0.2, -0.15) is 14.9 Å². The highest BCUT2D eigenvalue weighted by molar-refractivity contribution is 6.30. The van der Waals surface area contributed by atoms with Crippen LogP contribution in [-0.4, -0.2) is 42.7 Å². The molecule has 3 aromatic rings. The Morgan fingerprint density at radius 3 is 2.63 bits per heavy atom. The van der Waals surface area contributed by atoms with Crippen molar-refractivity contribution in [1.29, 1.82) is 0 Å². The minimum atomic E-state index is -0.610. The molecule has 0 bridgehead atoms. The summed E-state index contributed by atoms with van der Waals surface area (Å²) in [7, 11) is 1.73. The van der Waals surface area contributed by atoms with Crippen molar-refractivity contribution >= 4 is 17.5 Å². The van der Waals surface area contributed by atoms with Gasteiger partial charge in [0.1, 0.15) is 11.3 Å². The van der Waals surface area contributed by atoms with Gasteiger partial charge >= 0.3 is 0 Å². The average Bonchev–Trinajstić information content (AvgIpc) is 3.16. The van der Waals surface area contributed by atoms with Crippen LogP contribution in [0.25, 0.3) is 16.9 Å². The molecule has 30 heavy (non-hydrogen) atoms. The molecule has 0 spiro atoms. The van der Waals surface area contributed by atoms with Crippen molar-refractivity contribution in [2.45, 2.75) is 37.8 Å². The summed E-state index contributed by atoms with van der Waals surface area (Å²) >= 11 is 5.98. The van der Waals surface area contributed by atoms with Gasteiger partial charge in [0.2, 0.25) is 0 Å². The molecular weight excluding hydrogens is 406 g/mol. The standard InChI is InChI=1S/C21H22ClN5O3/c1-26-12-15(11-23-26)27-21(30)16(20(29)24-17-4-2-3-5-19(17)28)10-18(25-27)13-6-8-14(22)9-7-13/h6-12,17,19,28H,2-5H2,1H3,(H,24,29). The van der Waals surface area contributed by atoms with Gasteiger partial charge in [-0.3, -0.25) is 14.3 Å². The number of halogens is 1. The van der Waals surface area contributed by atoms with Crippen LogP contribution in [0, 0.1) is 0 Å². The van der Waals surface area contributed by atoms with Gasteiger partial charge < -0.3 is 10.4 Å². The number of rotatable bonds is 4. The zero-order valence-corrected chi connectivity index (χ0v) is 17.2. The van der Waals surface area contributed by atoms with Gasteiger partial charge in [-0.15, -0.1) is 0 Å². The number of amides is 1. The second-order valence-corrected chi connectivity index (χ2v) is 7.91. The molecule has 0 radical (unpaired) electrons. The van der Waals surface area contributed by atoms with Crippen LogP contribution >= 0.6 is 11.6 Å². The molecule has 8 nitrogen and oxygen atoms in total. The van der Waals surface area contributed by atoms with E-state index in [2.05, 4.69) is 15.5 Å². The Hall–Kier alpha value is -2.97. The smallest absolute Gasteiger partial charge is 0.284 e. The van der Waals surface area contributed by atoms with E-state index < -0.39 is 17.6 Å². The number of nitrogens with one attached hydrogen (secondary N) is 1. The maximum Gasteiger partial charge on any atom is 0.284 e. The third kappa shape index (κ3) is 4.15. The lowest BCUT2D eigenvalue weighted by Gasteiger charge is -2.28. The molecular formula is C21H22ClN5O3. The Balaban J connectivity index is 1.78. The lowest BCUT2D eigenvalue weighted by Crippen LogP contribution is -2.46. The van der Waals surface area contributed by atoms with Crippen molar-refractivity contribution < 1.29 is 9.90 Å². The number of aliphatic hydroxyl groups is 1. The molecule has 156 valence electrons. The van der Waals surface area contributed by atoms with Crippen LogP contribution in [0.1, 0.15) is 36.0 Å². The number of hydrogen-bond acceptors (Lipinski definition) is 5. The highest BCUT2D eigenvalue weighted by Gasteiger charge is 2.27. The second kappa shape index (κ2) is 8.41. The molecule has 9 heteroatoms. The fourth-order valence-electron chi connectivity index (χ4n) is 3.64. The van der Waals surface area contributed by atoms with Crippen LogP contribution in [0.2, 0.25) is 5.02 Å². The maximum atomic E-state index is 13.1. The Labute approximate surface area is 178 Å². The zero-order valence-electron chi connectivity index (χ0n) is 16.5. The monoisotopic (exact) mass is 427 g/mol. The summed E-state index contributed by atoms with van der Waals surface area (Å²) in [6.07, 6.45) is 5.71. The second-order valence-electron chi connectivity index (χ2n) is 7.47. The first-order valence-corrected chi connectivity index (χ1v) is 10.2. The van der Waals surface area contributed by atoms with Crippen molar-refractivity contribution in [2.24, 2.45) is 7.05 Å². The predicted octanol–water partition coefficient (Wildman–Crippen LogP) is 2.32. The van der Waals surface area contributed by atoms with Crippen molar-refractivity contribution in [2.75, 3.05) is 0 Å². The third-order valence-electron chi connectivity index (χ3n) is 5.28. The first-order valence-electron chi connectivity index (χ1n) is 9.80. The van der Waals surface area contributed by atoms with E-state index in [-0.39, 0.29) is 11.6 Å². The molecule has 2 aromatic heterocycles. The number of aliphatic hydroxyl groups excluding tert-OH is 1. The van der Waals surface area contributed by atoms with Crippen LogP contribution in [0.15, 0.2) is 47.5 Å². The molecule has 2 unspecified atom stereocenters. The zero-order chi connectivity index (χ0) is 21.3. The fourth-order valence-corrected chi connectivity index (χ4v) is 3.76. The molecule has 0 aliphatic heterocycles. The van der Waals surface area contributed by atoms with Crippen LogP contribution in [0.3, 0.4) is 0 Å². The van der Waals surface area contributed by atoms with E-state index in [4.69, 9.17) is 11.6 Å². The average molecular weight is 428 g/mol. The molecule has 1 aromatic carbocycles. The molecule has 2 atom stereocenters. The number of nitrogens with zero attached hydrogens (tertiary/aromatic N) is 4. The van der Waals surface area contributed by atoms with Crippen LogP contribution in [0.4, 0.5) is 0 Å². The summed E-state index contributed by atoms with van der Waals surface area (Å²) in [4.78, 5) is 26.1. The number of carbonyl (C=O) groups excluding carboxylic acids is 1. The van der Waals surface area contributed by atoms with Crippen molar-refractivity contribution in [3.05, 3.63) is 63.7 Å². The van der Waals surface area contributed by atoms with Gasteiger partial charge in [-0.1, -0.05) is 36.6 Å². The van der Waals surface area contributed by atoms with Gasteiger partial charge in [0, 0.05) is 17.6 Å². The molecule has 4 rings (SSSR count). The van der Waals surface area contributed by atoms with E-state index in [1.807, 2.05) is 0 Å². The number of hydrogen-bond donors (Lipinski definition) is 2. The summed E-state index contributed by atoms with van der Waals surface area (Å²) in [5.41, 5.74) is 1.01. The van der Waals surface area contributed by atoms with Gasteiger partial charge in [-0.05, 0) is 31.0 Å². The van der Waals surface area contributed by atoms with Gasteiger partial charge in [0.15, 0.2) is 0 Å². The van der Waals surface area contributed by atoms with Gasteiger partial charge in [0.05, 0.1) is 30.2 Å². The fraction of sp³-hybridized carbons (Fsp3) is 0.333. The maximum absolute atomic E-state index is 13.1. The van der Waals surface area contributed by atoms with E-state index in [0.29, 0.717) is 34.8 Å². The minimum absolute atomic E-state index is 0.0448. The largest absolute Gasteiger partial charge is 0.391 e. The molecule has 2 N–H and O–H groups in total. The molecule has 2 heterocycles. The third-order valence-corrected chi connectivity index (χ3v) is 5.53. The SMILES string of the molecule is Cn1cc(-n2nc(-c3ccc(Cl)cc3)cc(C(=O)NC3CCCCC3O)c2=O)cn1. The molecule has 1 saturated carbocycles. The van der Waals surface area contributed by atoms with Crippen LogP contribution in [0.5, 0.6) is 0 Å². The van der Waals surface area contributed by atoms with Crippen molar-refractivity contribution in [3.8, 4) is 16.9 Å². The normalized spacial score (nSPS) is 18.9. The minimum Gasteiger partial charge on any atom is -0.391 e. The Morgan fingerprint density at radius 2 is 1.97 bits per heavy atom. The van der Waals surface area contributed by atoms with Crippen LogP contribution in [-0.2, 0) is 7.05 Å². The number of benzene rings is 1. The van der Waals surface area contributed by atoms with E-state index in [1.165, 1.54) is 16.9 Å². The summed E-state index contributed by atoms with van der Waals surface area (Å²) in [6, 6.07) is 8.09. The summed E-state index contributed by atoms with van der Waals surface area (Å²) in [5, 5.41) is 22.1. The highest BCUT2D eigenvalue weighted by atomic mass is 35.5. The van der Waals surface area contributed by atoms with Crippen molar-refractivity contribution in [1.82, 2.24) is 24.9 Å².